The van der Waals surface area contributed by atoms with Crippen molar-refractivity contribution in [1.29, 1.82) is 0 Å². The molecule has 0 amide bonds. The van der Waals surface area contributed by atoms with E-state index in [-0.39, 0.29) is 0 Å². The second-order valence-corrected chi connectivity index (χ2v) is 4.86. The van der Waals surface area contributed by atoms with E-state index < -0.39 is 0 Å². The lowest BCUT2D eigenvalue weighted by Gasteiger charge is -2.27. The van der Waals surface area contributed by atoms with Gasteiger partial charge in [0.1, 0.15) is 0 Å². The number of rotatable bonds is 10. The normalized spacial score (nSPS) is 15.4. The Kier molecular flexibility index (Phi) is 10.0. The highest BCUT2D eigenvalue weighted by Crippen LogP contribution is 2.17. The number of ether oxygens (including phenoxy) is 1. The predicted octanol–water partition coefficient (Wildman–Crippen LogP) is 3.61. The summed E-state index contributed by atoms with van der Waals surface area (Å²) in [7, 11) is 0. The van der Waals surface area contributed by atoms with Gasteiger partial charge in [0.2, 0.25) is 0 Å². The third-order valence-corrected chi connectivity index (χ3v) is 3.10. The monoisotopic (exact) mass is 229 g/mol. The molecule has 0 aromatic rings. The molecule has 0 aliphatic rings. The SMILES string of the molecule is CCCCC(CC)C(COC(C)C)NCC. The van der Waals surface area contributed by atoms with Crippen molar-refractivity contribution in [2.24, 2.45) is 5.92 Å². The second kappa shape index (κ2) is 10.1. The molecule has 0 fully saturated rings. The fourth-order valence-corrected chi connectivity index (χ4v) is 2.08. The summed E-state index contributed by atoms with van der Waals surface area (Å²) in [6.45, 7) is 12.8. The molecule has 0 spiro atoms. The number of unbranched alkanes of at least 4 members (excludes halogenated alkanes) is 1. The Hall–Kier alpha value is -0.0800. The molecule has 2 unspecified atom stereocenters. The quantitative estimate of drug-likeness (QED) is 0.618. The zero-order valence-corrected chi connectivity index (χ0v) is 11.9. The molecule has 2 nitrogen and oxygen atoms in total. The first-order valence-corrected chi connectivity index (χ1v) is 7.00. The lowest BCUT2D eigenvalue weighted by molar-refractivity contribution is 0.0465. The van der Waals surface area contributed by atoms with Crippen LogP contribution in [0.2, 0.25) is 0 Å². The van der Waals surface area contributed by atoms with E-state index in [1.165, 1.54) is 25.7 Å². The van der Waals surface area contributed by atoms with Crippen LogP contribution in [0.4, 0.5) is 0 Å². The van der Waals surface area contributed by atoms with E-state index in [1.54, 1.807) is 0 Å². The van der Waals surface area contributed by atoms with Crippen LogP contribution in [0.25, 0.3) is 0 Å². The van der Waals surface area contributed by atoms with Crippen LogP contribution in [0.5, 0.6) is 0 Å². The number of hydrogen-bond acceptors (Lipinski definition) is 2. The minimum absolute atomic E-state index is 0.338. The minimum atomic E-state index is 0.338. The van der Waals surface area contributed by atoms with Crippen LogP contribution in [-0.2, 0) is 4.74 Å². The van der Waals surface area contributed by atoms with Crippen LogP contribution in [0.1, 0.15) is 60.3 Å². The molecule has 0 heterocycles. The highest BCUT2D eigenvalue weighted by Gasteiger charge is 2.19. The van der Waals surface area contributed by atoms with Gasteiger partial charge in [0.05, 0.1) is 12.7 Å². The molecule has 0 aromatic heterocycles. The van der Waals surface area contributed by atoms with Gasteiger partial charge >= 0.3 is 0 Å². The molecular formula is C14H31NO. The summed E-state index contributed by atoms with van der Waals surface area (Å²) in [5.41, 5.74) is 0. The first-order valence-electron chi connectivity index (χ1n) is 7.00. The third kappa shape index (κ3) is 7.24. The summed E-state index contributed by atoms with van der Waals surface area (Å²) in [5.74, 6) is 0.763. The molecule has 0 bridgehead atoms. The first kappa shape index (κ1) is 15.9. The average Bonchev–Trinajstić information content (AvgIpc) is 2.26. The van der Waals surface area contributed by atoms with Crippen LogP contribution in [0.15, 0.2) is 0 Å². The molecule has 0 saturated heterocycles. The molecule has 98 valence electrons. The van der Waals surface area contributed by atoms with Crippen LogP contribution in [-0.4, -0.2) is 25.3 Å². The van der Waals surface area contributed by atoms with E-state index in [0.717, 1.165) is 19.1 Å². The van der Waals surface area contributed by atoms with E-state index >= 15 is 0 Å². The Morgan fingerprint density at radius 2 is 1.81 bits per heavy atom. The molecule has 2 heteroatoms. The summed E-state index contributed by atoms with van der Waals surface area (Å²) in [6, 6.07) is 0.531. The third-order valence-electron chi connectivity index (χ3n) is 3.10. The number of hydrogen-bond donors (Lipinski definition) is 1. The van der Waals surface area contributed by atoms with Crippen LogP contribution < -0.4 is 5.32 Å². The number of likely N-dealkylation sites (N-methyl/N-ethyl adjacent to an activating group) is 1. The van der Waals surface area contributed by atoms with Crippen molar-refractivity contribution in [3.8, 4) is 0 Å². The minimum Gasteiger partial charge on any atom is -0.377 e. The predicted molar refractivity (Wildman–Crippen MR) is 71.9 cm³/mol. The fourth-order valence-electron chi connectivity index (χ4n) is 2.08. The summed E-state index contributed by atoms with van der Waals surface area (Å²) in [4.78, 5) is 0. The Morgan fingerprint density at radius 1 is 1.12 bits per heavy atom. The summed E-state index contributed by atoms with van der Waals surface area (Å²) in [6.07, 6.45) is 5.54. The van der Waals surface area contributed by atoms with Crippen molar-refractivity contribution < 1.29 is 4.74 Å². The summed E-state index contributed by atoms with van der Waals surface area (Å²) < 4.78 is 5.76. The van der Waals surface area contributed by atoms with Crippen molar-refractivity contribution in [1.82, 2.24) is 5.32 Å². The lowest BCUT2D eigenvalue weighted by atomic mass is 9.91. The molecule has 0 aliphatic carbocycles. The zero-order chi connectivity index (χ0) is 12.4. The van der Waals surface area contributed by atoms with Crippen molar-refractivity contribution >= 4 is 0 Å². The summed E-state index contributed by atoms with van der Waals surface area (Å²) in [5, 5.41) is 3.57. The Morgan fingerprint density at radius 3 is 2.25 bits per heavy atom. The molecule has 0 saturated carbocycles. The van der Waals surface area contributed by atoms with E-state index in [0.29, 0.717) is 12.1 Å². The van der Waals surface area contributed by atoms with E-state index in [9.17, 15) is 0 Å². The van der Waals surface area contributed by atoms with Gasteiger partial charge in [-0.05, 0) is 32.7 Å². The highest BCUT2D eigenvalue weighted by atomic mass is 16.5. The average molecular weight is 229 g/mol. The van der Waals surface area contributed by atoms with Gasteiger partial charge in [-0.15, -0.1) is 0 Å². The molecular weight excluding hydrogens is 198 g/mol. The first-order chi connectivity index (χ1) is 7.65. The summed E-state index contributed by atoms with van der Waals surface area (Å²) >= 11 is 0. The van der Waals surface area contributed by atoms with E-state index in [4.69, 9.17) is 4.74 Å². The maximum Gasteiger partial charge on any atom is 0.0625 e. The van der Waals surface area contributed by atoms with Gasteiger partial charge in [-0.2, -0.15) is 0 Å². The Bertz CT molecular complexity index is 148. The van der Waals surface area contributed by atoms with Crippen molar-refractivity contribution in [2.75, 3.05) is 13.2 Å². The van der Waals surface area contributed by atoms with E-state index in [1.807, 2.05) is 0 Å². The van der Waals surface area contributed by atoms with Crippen LogP contribution in [0, 0.1) is 5.92 Å². The molecule has 2 atom stereocenters. The van der Waals surface area contributed by atoms with Crippen molar-refractivity contribution in [3.63, 3.8) is 0 Å². The van der Waals surface area contributed by atoms with Gasteiger partial charge in [0.25, 0.3) is 0 Å². The van der Waals surface area contributed by atoms with Crippen molar-refractivity contribution in [2.45, 2.75) is 72.4 Å². The van der Waals surface area contributed by atoms with Gasteiger partial charge in [-0.1, -0.05) is 40.0 Å². The molecule has 0 aromatic carbocycles. The second-order valence-electron chi connectivity index (χ2n) is 4.86. The standard InChI is InChI=1S/C14H31NO/c1-6-9-10-13(7-2)14(15-8-3)11-16-12(4)5/h12-15H,6-11H2,1-5H3. The van der Waals surface area contributed by atoms with Gasteiger partial charge < -0.3 is 10.1 Å². The Balaban J connectivity index is 4.10. The maximum absolute atomic E-state index is 5.76. The van der Waals surface area contributed by atoms with E-state index in [2.05, 4.69) is 39.9 Å². The molecule has 0 radical (unpaired) electrons. The smallest absolute Gasteiger partial charge is 0.0625 e. The van der Waals surface area contributed by atoms with Gasteiger partial charge in [-0.3, -0.25) is 0 Å². The molecule has 0 rings (SSSR count). The van der Waals surface area contributed by atoms with Crippen LogP contribution >= 0.6 is 0 Å². The molecule has 16 heavy (non-hydrogen) atoms. The lowest BCUT2D eigenvalue weighted by Crippen LogP contribution is -2.40. The van der Waals surface area contributed by atoms with Crippen LogP contribution in [0.3, 0.4) is 0 Å². The fraction of sp³-hybridized carbons (Fsp3) is 1.00. The highest BCUT2D eigenvalue weighted by molar-refractivity contribution is 4.75. The van der Waals surface area contributed by atoms with Gasteiger partial charge in [-0.25, -0.2) is 0 Å². The number of nitrogens with one attached hydrogen (secondary N) is 1. The topological polar surface area (TPSA) is 21.3 Å². The van der Waals surface area contributed by atoms with Gasteiger partial charge in [0, 0.05) is 6.04 Å². The Labute approximate surface area is 102 Å². The largest absolute Gasteiger partial charge is 0.377 e. The zero-order valence-electron chi connectivity index (χ0n) is 11.9. The molecule has 1 N–H and O–H groups in total. The molecule has 0 aliphatic heterocycles. The maximum atomic E-state index is 5.76. The van der Waals surface area contributed by atoms with Crippen molar-refractivity contribution in [3.05, 3.63) is 0 Å². The van der Waals surface area contributed by atoms with Gasteiger partial charge in [0.15, 0.2) is 0 Å².